The molecule has 2 atom stereocenters. The molecule has 1 aliphatic rings. The van der Waals surface area contributed by atoms with Gasteiger partial charge >= 0.3 is 0 Å². The molecule has 3 heterocycles. The first kappa shape index (κ1) is 15.1. The van der Waals surface area contributed by atoms with E-state index >= 15 is 0 Å². The number of hydrogen-bond acceptors (Lipinski definition) is 6. The fourth-order valence-corrected chi connectivity index (χ4v) is 3.25. The molecule has 114 valence electrons. The number of carbonyl (C=O) groups excluding carboxylic acids is 1. The molecule has 2 unspecified atom stereocenters. The van der Waals surface area contributed by atoms with Gasteiger partial charge in [0.05, 0.1) is 16.6 Å². The van der Waals surface area contributed by atoms with Crippen molar-refractivity contribution in [2.75, 3.05) is 0 Å². The predicted octanol–water partition coefficient (Wildman–Crippen LogP) is 1.85. The highest BCUT2D eigenvalue weighted by Crippen LogP contribution is 2.30. The number of nitrogens with one attached hydrogen (secondary N) is 3. The smallest absolute Gasteiger partial charge is 0.258 e. The molecule has 3 rings (SSSR count). The summed E-state index contributed by atoms with van der Waals surface area (Å²) in [4.78, 5) is 17.1. The highest BCUT2D eigenvalue weighted by molar-refractivity contribution is 7.16. The van der Waals surface area contributed by atoms with E-state index in [4.69, 9.17) is 11.6 Å². The molecule has 1 saturated heterocycles. The van der Waals surface area contributed by atoms with Gasteiger partial charge in [0.25, 0.3) is 5.91 Å². The van der Waals surface area contributed by atoms with Crippen LogP contribution in [-0.4, -0.2) is 23.1 Å². The third-order valence-corrected chi connectivity index (χ3v) is 4.60. The Hall–Kier alpha value is -1.80. The second kappa shape index (κ2) is 6.97. The van der Waals surface area contributed by atoms with Gasteiger partial charge in [0, 0.05) is 17.3 Å². The van der Waals surface area contributed by atoms with Crippen LogP contribution in [-0.2, 0) is 4.79 Å². The van der Waals surface area contributed by atoms with E-state index < -0.39 is 0 Å². The lowest BCUT2D eigenvalue weighted by molar-refractivity contribution is -0.122. The lowest BCUT2D eigenvalue weighted by Crippen LogP contribution is -2.41. The van der Waals surface area contributed by atoms with Gasteiger partial charge in [-0.05, 0) is 36.2 Å². The van der Waals surface area contributed by atoms with Gasteiger partial charge in [-0.3, -0.25) is 9.78 Å². The van der Waals surface area contributed by atoms with Gasteiger partial charge in [-0.2, -0.15) is 5.10 Å². The molecular formula is C14H14ClN5OS. The van der Waals surface area contributed by atoms with Gasteiger partial charge < -0.3 is 0 Å². The molecule has 8 heteroatoms. The van der Waals surface area contributed by atoms with Gasteiger partial charge in [-0.15, -0.1) is 11.3 Å². The molecule has 2 aromatic rings. The summed E-state index contributed by atoms with van der Waals surface area (Å²) in [7, 11) is 0. The highest BCUT2D eigenvalue weighted by atomic mass is 35.5. The minimum atomic E-state index is -0.333. The van der Waals surface area contributed by atoms with Crippen molar-refractivity contribution in [3.63, 3.8) is 0 Å². The number of hydrazine groups is 1. The van der Waals surface area contributed by atoms with E-state index in [2.05, 4.69) is 26.4 Å². The number of nitrogens with zero attached hydrogens (tertiary/aromatic N) is 2. The minimum Gasteiger partial charge on any atom is -0.271 e. The Morgan fingerprint density at radius 1 is 1.36 bits per heavy atom. The second-order valence-corrected chi connectivity index (χ2v) is 6.53. The third kappa shape index (κ3) is 3.69. The molecule has 0 saturated carbocycles. The second-order valence-electron chi connectivity index (χ2n) is 4.79. The first-order valence-corrected chi connectivity index (χ1v) is 7.91. The van der Waals surface area contributed by atoms with Gasteiger partial charge in [0.15, 0.2) is 0 Å². The highest BCUT2D eigenvalue weighted by Gasteiger charge is 2.30. The van der Waals surface area contributed by atoms with Crippen molar-refractivity contribution in [1.29, 1.82) is 0 Å². The van der Waals surface area contributed by atoms with E-state index in [-0.39, 0.29) is 18.0 Å². The zero-order chi connectivity index (χ0) is 15.4. The third-order valence-electron chi connectivity index (χ3n) is 3.25. The Labute approximate surface area is 136 Å². The van der Waals surface area contributed by atoms with Crippen molar-refractivity contribution in [1.82, 2.24) is 21.3 Å². The summed E-state index contributed by atoms with van der Waals surface area (Å²) in [6.45, 7) is 0. The summed E-state index contributed by atoms with van der Waals surface area (Å²) < 4.78 is 0.742. The van der Waals surface area contributed by atoms with Crippen molar-refractivity contribution in [3.8, 4) is 0 Å². The number of aromatic nitrogens is 1. The molecule has 2 aromatic heterocycles. The first-order valence-electron chi connectivity index (χ1n) is 6.71. The maximum absolute atomic E-state index is 12.1. The van der Waals surface area contributed by atoms with Gasteiger partial charge in [0.2, 0.25) is 0 Å². The van der Waals surface area contributed by atoms with E-state index in [9.17, 15) is 4.79 Å². The van der Waals surface area contributed by atoms with E-state index in [1.165, 1.54) is 11.3 Å². The monoisotopic (exact) mass is 335 g/mol. The average molecular weight is 336 g/mol. The molecule has 0 spiro atoms. The van der Waals surface area contributed by atoms with Crippen molar-refractivity contribution in [2.24, 2.45) is 5.10 Å². The summed E-state index contributed by atoms with van der Waals surface area (Å²) in [6.07, 6.45) is 5.57. The van der Waals surface area contributed by atoms with Crippen molar-refractivity contribution < 1.29 is 4.79 Å². The van der Waals surface area contributed by atoms with Crippen LogP contribution in [0, 0.1) is 0 Å². The average Bonchev–Trinajstić information content (AvgIpc) is 3.17. The lowest BCUT2D eigenvalue weighted by atomic mass is 10.1. The summed E-state index contributed by atoms with van der Waals surface area (Å²) in [5.74, 6) is -0.178. The number of pyridine rings is 1. The maximum Gasteiger partial charge on any atom is 0.258 e. The summed E-state index contributed by atoms with van der Waals surface area (Å²) >= 11 is 7.44. The molecule has 0 aliphatic carbocycles. The number of amides is 1. The van der Waals surface area contributed by atoms with Crippen molar-refractivity contribution in [3.05, 3.63) is 51.4 Å². The SMILES string of the molecule is O=C(N/N=C/c1ccncc1)C1CC(c2ccc(Cl)s2)NN1. The lowest BCUT2D eigenvalue weighted by Gasteiger charge is -2.06. The number of thiophene rings is 1. The number of carbonyl (C=O) groups is 1. The molecule has 0 aromatic carbocycles. The fourth-order valence-electron chi connectivity index (χ4n) is 2.13. The van der Waals surface area contributed by atoms with Crippen molar-refractivity contribution in [2.45, 2.75) is 18.5 Å². The predicted molar refractivity (Wildman–Crippen MR) is 86.7 cm³/mol. The van der Waals surface area contributed by atoms with E-state index in [0.29, 0.717) is 6.42 Å². The van der Waals surface area contributed by atoms with E-state index in [1.807, 2.05) is 24.3 Å². The molecule has 22 heavy (non-hydrogen) atoms. The molecule has 0 bridgehead atoms. The minimum absolute atomic E-state index is 0.0810. The molecule has 1 amide bonds. The van der Waals surface area contributed by atoms with Gasteiger partial charge in [-0.1, -0.05) is 11.6 Å². The van der Waals surface area contributed by atoms with E-state index in [1.54, 1.807) is 18.6 Å². The Kier molecular flexibility index (Phi) is 4.79. The van der Waals surface area contributed by atoms with Crippen LogP contribution in [0.4, 0.5) is 0 Å². The number of rotatable bonds is 4. The number of hydrogen-bond donors (Lipinski definition) is 3. The standard InChI is InChI=1S/C14H14ClN5OS/c15-13-2-1-12(22-13)10-7-11(19-18-10)14(21)20-17-8-9-3-5-16-6-4-9/h1-6,8,10-11,18-19H,7H2,(H,20,21)/b17-8+. The maximum atomic E-state index is 12.1. The van der Waals surface area contributed by atoms with Crippen LogP contribution >= 0.6 is 22.9 Å². The van der Waals surface area contributed by atoms with Crippen LogP contribution in [0.25, 0.3) is 0 Å². The largest absolute Gasteiger partial charge is 0.271 e. The zero-order valence-corrected chi connectivity index (χ0v) is 13.1. The van der Waals surface area contributed by atoms with Crippen molar-refractivity contribution >= 4 is 35.1 Å². The molecule has 1 aliphatic heterocycles. The molecule has 1 fully saturated rings. The van der Waals surface area contributed by atoms with Crippen LogP contribution in [0.2, 0.25) is 4.34 Å². The van der Waals surface area contributed by atoms with Crippen LogP contribution in [0.1, 0.15) is 22.9 Å². The normalized spacial score (nSPS) is 21.3. The van der Waals surface area contributed by atoms with E-state index in [0.717, 1.165) is 14.8 Å². The Morgan fingerprint density at radius 3 is 2.91 bits per heavy atom. The quantitative estimate of drug-likeness (QED) is 0.588. The molecule has 0 radical (unpaired) electrons. The Balaban J connectivity index is 1.52. The van der Waals surface area contributed by atoms with Crippen LogP contribution in [0.3, 0.4) is 0 Å². The topological polar surface area (TPSA) is 78.4 Å². The number of halogens is 1. The van der Waals surface area contributed by atoms with Crippen LogP contribution in [0.5, 0.6) is 0 Å². The summed E-state index contributed by atoms with van der Waals surface area (Å²) in [5.41, 5.74) is 9.50. The molecular weight excluding hydrogens is 322 g/mol. The van der Waals surface area contributed by atoms with Crippen LogP contribution < -0.4 is 16.3 Å². The summed E-state index contributed by atoms with van der Waals surface area (Å²) in [5, 5.41) is 3.95. The fraction of sp³-hybridized carbons (Fsp3) is 0.214. The van der Waals surface area contributed by atoms with Gasteiger partial charge in [0.1, 0.15) is 6.04 Å². The molecule has 3 N–H and O–H groups in total. The summed E-state index contributed by atoms with van der Waals surface area (Å²) in [6, 6.07) is 7.19. The molecule has 6 nitrogen and oxygen atoms in total. The zero-order valence-electron chi connectivity index (χ0n) is 11.5. The Morgan fingerprint density at radius 2 is 2.18 bits per heavy atom. The first-order chi connectivity index (χ1) is 10.7. The van der Waals surface area contributed by atoms with Crippen LogP contribution in [0.15, 0.2) is 41.8 Å². The number of hydrazone groups is 1. The Bertz CT molecular complexity index is 675. The van der Waals surface area contributed by atoms with Gasteiger partial charge in [-0.25, -0.2) is 16.3 Å².